The van der Waals surface area contributed by atoms with Crippen LogP contribution in [0.25, 0.3) is 0 Å². The van der Waals surface area contributed by atoms with Crippen LogP contribution >= 0.6 is 0 Å². The highest BCUT2D eigenvalue weighted by molar-refractivity contribution is 5.80. The van der Waals surface area contributed by atoms with Crippen molar-refractivity contribution in [1.29, 1.82) is 0 Å². The number of aliphatic carboxylic acids is 1. The van der Waals surface area contributed by atoms with Crippen LogP contribution in [0.4, 0.5) is 4.79 Å². The molecule has 1 N–H and O–H groups in total. The van der Waals surface area contributed by atoms with Gasteiger partial charge in [0.25, 0.3) is 0 Å². The average Bonchev–Trinajstić information content (AvgIpc) is 2.73. The van der Waals surface area contributed by atoms with E-state index in [9.17, 15) is 9.59 Å². The van der Waals surface area contributed by atoms with Crippen molar-refractivity contribution in [2.24, 2.45) is 0 Å². The quantitative estimate of drug-likeness (QED) is 0.685. The fraction of sp³-hybridized carbons (Fsp3) is 0.800. The Balaban J connectivity index is 2.53. The lowest BCUT2D eigenvalue weighted by Crippen LogP contribution is -2.40. The Morgan fingerprint density at radius 2 is 2.06 bits per heavy atom. The third-order valence-electron chi connectivity index (χ3n) is 2.60. The molecule has 0 spiro atoms. The van der Waals surface area contributed by atoms with Gasteiger partial charge in [0, 0.05) is 13.5 Å². The lowest BCUT2D eigenvalue weighted by atomic mass is 10.2. The molecule has 1 heterocycles. The molecule has 2 atom stereocenters. The number of likely N-dealkylation sites (tertiary alicyclic amines) is 1. The second kappa shape index (κ2) is 6.41. The molecule has 1 aliphatic rings. The van der Waals surface area contributed by atoms with Crippen LogP contribution in [-0.4, -0.2) is 68.2 Å². The molecule has 0 aromatic rings. The van der Waals surface area contributed by atoms with Crippen LogP contribution in [0.2, 0.25) is 0 Å². The summed E-state index contributed by atoms with van der Waals surface area (Å²) >= 11 is 0. The van der Waals surface area contributed by atoms with Crippen molar-refractivity contribution in [3.63, 3.8) is 0 Å². The Labute approximate surface area is 99.2 Å². The van der Waals surface area contributed by atoms with Gasteiger partial charge in [0.2, 0.25) is 0 Å². The number of rotatable bonds is 5. The molecule has 1 fully saturated rings. The Morgan fingerprint density at radius 3 is 2.59 bits per heavy atom. The molecular formula is C10H17NO6. The van der Waals surface area contributed by atoms with E-state index in [1.807, 2.05) is 0 Å². The highest BCUT2D eigenvalue weighted by atomic mass is 16.5. The molecule has 0 aromatic carbocycles. The number of amides is 1. The molecule has 0 saturated carbocycles. The molecule has 1 amide bonds. The fourth-order valence-electron chi connectivity index (χ4n) is 1.77. The molecule has 7 nitrogen and oxygen atoms in total. The van der Waals surface area contributed by atoms with Gasteiger partial charge < -0.3 is 19.3 Å². The Hall–Kier alpha value is -1.34. The van der Waals surface area contributed by atoms with Gasteiger partial charge in [0.05, 0.1) is 33.0 Å². The van der Waals surface area contributed by atoms with E-state index in [1.54, 1.807) is 7.11 Å². The Bertz CT molecular complexity index is 282. The standard InChI is InChI=1S/C10H17NO6/c1-15-3-4-17-7-5-8(9(12)13)11(6-7)10(14)16-2/h7-8H,3-6H2,1-2H3,(H,12,13). The summed E-state index contributed by atoms with van der Waals surface area (Å²) in [6.45, 7) is 1.04. The van der Waals surface area contributed by atoms with Gasteiger partial charge in [-0.15, -0.1) is 0 Å². The predicted molar refractivity (Wildman–Crippen MR) is 56.8 cm³/mol. The van der Waals surface area contributed by atoms with Crippen molar-refractivity contribution >= 4 is 12.1 Å². The molecule has 0 aromatic heterocycles. The van der Waals surface area contributed by atoms with Crippen LogP contribution in [0.1, 0.15) is 6.42 Å². The van der Waals surface area contributed by atoms with Crippen LogP contribution in [0.3, 0.4) is 0 Å². The lowest BCUT2D eigenvalue weighted by molar-refractivity contribution is -0.141. The van der Waals surface area contributed by atoms with Crippen LogP contribution in [0.5, 0.6) is 0 Å². The molecule has 1 saturated heterocycles. The molecule has 2 unspecified atom stereocenters. The van der Waals surface area contributed by atoms with Gasteiger partial charge in [-0.25, -0.2) is 9.59 Å². The van der Waals surface area contributed by atoms with Crippen molar-refractivity contribution in [2.45, 2.75) is 18.6 Å². The minimum Gasteiger partial charge on any atom is -0.480 e. The number of ether oxygens (including phenoxy) is 3. The molecule has 98 valence electrons. The second-order valence-electron chi connectivity index (χ2n) is 3.70. The zero-order chi connectivity index (χ0) is 12.8. The van der Waals surface area contributed by atoms with Crippen LogP contribution in [0, 0.1) is 0 Å². The minimum absolute atomic E-state index is 0.230. The van der Waals surface area contributed by atoms with Crippen molar-refractivity contribution in [3.05, 3.63) is 0 Å². The molecule has 0 aliphatic carbocycles. The van der Waals surface area contributed by atoms with Crippen molar-refractivity contribution < 1.29 is 28.9 Å². The molecular weight excluding hydrogens is 230 g/mol. The predicted octanol–water partition coefficient (Wildman–Crippen LogP) is -0.0567. The van der Waals surface area contributed by atoms with E-state index in [-0.39, 0.29) is 19.1 Å². The molecule has 0 bridgehead atoms. The van der Waals surface area contributed by atoms with Gasteiger partial charge in [-0.3, -0.25) is 4.90 Å². The third kappa shape index (κ3) is 3.57. The van der Waals surface area contributed by atoms with Crippen molar-refractivity contribution in [3.8, 4) is 0 Å². The summed E-state index contributed by atoms with van der Waals surface area (Å²) in [5, 5.41) is 8.99. The van der Waals surface area contributed by atoms with E-state index in [0.29, 0.717) is 13.2 Å². The zero-order valence-corrected chi connectivity index (χ0v) is 9.92. The van der Waals surface area contributed by atoms with Crippen molar-refractivity contribution in [2.75, 3.05) is 34.0 Å². The highest BCUT2D eigenvalue weighted by Gasteiger charge is 2.40. The van der Waals surface area contributed by atoms with Gasteiger partial charge in [0.15, 0.2) is 0 Å². The van der Waals surface area contributed by atoms with Crippen LogP contribution in [0.15, 0.2) is 0 Å². The number of carboxylic acid groups (broad SMARTS) is 1. The third-order valence-corrected chi connectivity index (χ3v) is 2.60. The number of carboxylic acids is 1. The number of nitrogens with zero attached hydrogens (tertiary/aromatic N) is 1. The Morgan fingerprint density at radius 1 is 1.35 bits per heavy atom. The summed E-state index contributed by atoms with van der Waals surface area (Å²) < 4.78 is 14.8. The maximum absolute atomic E-state index is 11.4. The summed E-state index contributed by atoms with van der Waals surface area (Å²) in [4.78, 5) is 23.5. The maximum atomic E-state index is 11.4. The van der Waals surface area contributed by atoms with E-state index >= 15 is 0 Å². The largest absolute Gasteiger partial charge is 0.480 e. The number of carbonyl (C=O) groups is 2. The smallest absolute Gasteiger partial charge is 0.410 e. The van der Waals surface area contributed by atoms with Crippen molar-refractivity contribution in [1.82, 2.24) is 4.90 Å². The van der Waals surface area contributed by atoms with Crippen LogP contribution < -0.4 is 0 Å². The minimum atomic E-state index is -1.05. The summed E-state index contributed by atoms with van der Waals surface area (Å²) in [6.07, 6.45) is -0.658. The van der Waals surface area contributed by atoms with Crippen LogP contribution in [-0.2, 0) is 19.0 Å². The van der Waals surface area contributed by atoms with E-state index in [4.69, 9.17) is 14.6 Å². The van der Waals surface area contributed by atoms with E-state index < -0.39 is 18.1 Å². The SMILES string of the molecule is COCCOC1CC(C(=O)O)N(C(=O)OC)C1. The fourth-order valence-corrected chi connectivity index (χ4v) is 1.77. The van der Waals surface area contributed by atoms with E-state index in [0.717, 1.165) is 0 Å². The summed E-state index contributed by atoms with van der Waals surface area (Å²) in [5.41, 5.74) is 0. The van der Waals surface area contributed by atoms with Gasteiger partial charge >= 0.3 is 12.1 Å². The first-order valence-corrected chi connectivity index (χ1v) is 5.28. The topological polar surface area (TPSA) is 85.3 Å². The molecule has 0 radical (unpaired) electrons. The van der Waals surface area contributed by atoms with Gasteiger partial charge in [-0.1, -0.05) is 0 Å². The first kappa shape index (κ1) is 13.7. The van der Waals surface area contributed by atoms with Gasteiger partial charge in [-0.05, 0) is 0 Å². The normalized spacial score (nSPS) is 23.8. The number of carbonyl (C=O) groups excluding carboxylic acids is 1. The molecule has 7 heteroatoms. The number of methoxy groups -OCH3 is 2. The van der Waals surface area contributed by atoms with Gasteiger partial charge in [0.1, 0.15) is 6.04 Å². The van der Waals surface area contributed by atoms with E-state index in [2.05, 4.69) is 4.74 Å². The lowest BCUT2D eigenvalue weighted by Gasteiger charge is -2.19. The highest BCUT2D eigenvalue weighted by Crippen LogP contribution is 2.21. The van der Waals surface area contributed by atoms with E-state index in [1.165, 1.54) is 12.0 Å². The maximum Gasteiger partial charge on any atom is 0.410 e. The zero-order valence-electron chi connectivity index (χ0n) is 9.92. The first-order valence-electron chi connectivity index (χ1n) is 5.28. The monoisotopic (exact) mass is 247 g/mol. The summed E-state index contributed by atoms with van der Waals surface area (Å²) in [5.74, 6) is -1.05. The van der Waals surface area contributed by atoms with Gasteiger partial charge in [-0.2, -0.15) is 0 Å². The summed E-state index contributed by atoms with van der Waals surface area (Å²) in [7, 11) is 2.78. The number of hydrogen-bond donors (Lipinski definition) is 1. The average molecular weight is 247 g/mol. The molecule has 17 heavy (non-hydrogen) atoms. The second-order valence-corrected chi connectivity index (χ2v) is 3.70. The Kier molecular flexibility index (Phi) is 5.17. The molecule has 1 rings (SSSR count). The summed E-state index contributed by atoms with van der Waals surface area (Å²) in [6, 6.07) is -0.880. The first-order chi connectivity index (χ1) is 8.10. The molecule has 1 aliphatic heterocycles. The number of hydrogen-bond acceptors (Lipinski definition) is 5.